The lowest BCUT2D eigenvalue weighted by Gasteiger charge is -2.12. The molecule has 1 aromatic heterocycles. The number of aldehydes is 1. The minimum absolute atomic E-state index is 0.0769. The summed E-state index contributed by atoms with van der Waals surface area (Å²) in [7, 11) is 0. The molecule has 4 nitrogen and oxygen atoms in total. The first kappa shape index (κ1) is 13.2. The molecule has 0 atom stereocenters. The maximum atomic E-state index is 11.2. The largest absolute Gasteiger partial charge is 0.491 e. The first-order valence-electron chi connectivity index (χ1n) is 6.15. The van der Waals surface area contributed by atoms with E-state index in [1.165, 1.54) is 0 Å². The van der Waals surface area contributed by atoms with Crippen molar-refractivity contribution in [2.24, 2.45) is 0 Å². The maximum absolute atomic E-state index is 11.2. The first-order valence-corrected chi connectivity index (χ1v) is 6.15. The van der Waals surface area contributed by atoms with Crippen molar-refractivity contribution in [3.05, 3.63) is 42.0 Å². The van der Waals surface area contributed by atoms with E-state index in [2.05, 4.69) is 9.97 Å². The molecular formula is C15H16N2O2. The highest BCUT2D eigenvalue weighted by atomic mass is 16.5. The van der Waals surface area contributed by atoms with E-state index >= 15 is 0 Å². The van der Waals surface area contributed by atoms with E-state index in [1.54, 1.807) is 18.5 Å². The van der Waals surface area contributed by atoms with Crippen LogP contribution >= 0.6 is 0 Å². The summed E-state index contributed by atoms with van der Waals surface area (Å²) < 4.78 is 5.58. The van der Waals surface area contributed by atoms with Gasteiger partial charge in [-0.15, -0.1) is 0 Å². The Bertz CT molecular complexity index is 577. The van der Waals surface area contributed by atoms with Gasteiger partial charge in [-0.1, -0.05) is 0 Å². The molecule has 98 valence electrons. The first-order chi connectivity index (χ1) is 9.10. The average Bonchev–Trinajstić information content (AvgIpc) is 2.39. The number of rotatable bonds is 4. The zero-order valence-electron chi connectivity index (χ0n) is 11.3. The summed E-state index contributed by atoms with van der Waals surface area (Å²) in [5.74, 6) is 1.39. The Hall–Kier alpha value is -2.23. The third-order valence-electron chi connectivity index (χ3n) is 2.61. The van der Waals surface area contributed by atoms with E-state index < -0.39 is 0 Å². The zero-order chi connectivity index (χ0) is 13.8. The number of nitrogens with zero attached hydrogens (tertiary/aromatic N) is 2. The summed E-state index contributed by atoms with van der Waals surface area (Å²) >= 11 is 0. The molecule has 19 heavy (non-hydrogen) atoms. The number of hydrogen-bond donors (Lipinski definition) is 0. The Balaban J connectivity index is 2.40. The molecule has 0 saturated heterocycles. The normalized spacial score (nSPS) is 10.5. The number of aryl methyl sites for hydroxylation is 1. The van der Waals surface area contributed by atoms with Crippen molar-refractivity contribution < 1.29 is 9.53 Å². The Labute approximate surface area is 112 Å². The number of ether oxygens (including phenoxy) is 1. The molecule has 0 bridgehead atoms. The molecule has 0 aliphatic rings. The van der Waals surface area contributed by atoms with Gasteiger partial charge >= 0.3 is 0 Å². The van der Waals surface area contributed by atoms with Gasteiger partial charge in [-0.05, 0) is 44.5 Å². The lowest BCUT2D eigenvalue weighted by Crippen LogP contribution is -2.06. The second-order valence-corrected chi connectivity index (χ2v) is 4.55. The minimum Gasteiger partial charge on any atom is -0.491 e. The van der Waals surface area contributed by atoms with Crippen molar-refractivity contribution in [2.45, 2.75) is 26.9 Å². The van der Waals surface area contributed by atoms with Gasteiger partial charge < -0.3 is 4.74 Å². The molecule has 0 spiro atoms. The van der Waals surface area contributed by atoms with Crippen LogP contribution in [0.2, 0.25) is 0 Å². The van der Waals surface area contributed by atoms with E-state index in [0.29, 0.717) is 17.1 Å². The van der Waals surface area contributed by atoms with Gasteiger partial charge in [-0.3, -0.25) is 4.79 Å². The third-order valence-corrected chi connectivity index (χ3v) is 2.61. The highest BCUT2D eigenvalue weighted by Crippen LogP contribution is 2.26. The van der Waals surface area contributed by atoms with Crippen LogP contribution in [0.4, 0.5) is 0 Å². The van der Waals surface area contributed by atoms with Gasteiger partial charge in [0, 0.05) is 23.5 Å². The Morgan fingerprint density at radius 3 is 2.47 bits per heavy atom. The Kier molecular flexibility index (Phi) is 3.90. The molecule has 0 amide bonds. The lowest BCUT2D eigenvalue weighted by molar-refractivity contribution is 0.112. The van der Waals surface area contributed by atoms with Gasteiger partial charge in [0.25, 0.3) is 0 Å². The van der Waals surface area contributed by atoms with Crippen LogP contribution in [-0.4, -0.2) is 22.4 Å². The van der Waals surface area contributed by atoms with Crippen molar-refractivity contribution in [1.29, 1.82) is 0 Å². The number of carbonyl (C=O) groups is 1. The van der Waals surface area contributed by atoms with Crippen LogP contribution in [0.1, 0.15) is 30.0 Å². The quantitative estimate of drug-likeness (QED) is 0.789. The van der Waals surface area contributed by atoms with Crippen LogP contribution in [0.25, 0.3) is 11.1 Å². The Morgan fingerprint density at radius 2 is 1.89 bits per heavy atom. The van der Waals surface area contributed by atoms with Gasteiger partial charge in [-0.2, -0.15) is 0 Å². The number of carbonyl (C=O) groups excluding carboxylic acids is 1. The molecule has 4 heteroatoms. The molecule has 0 radical (unpaired) electrons. The SMILES string of the molecule is Cc1ncc(-c2ccc(OC(C)C)cc2C=O)cn1. The summed E-state index contributed by atoms with van der Waals surface area (Å²) in [6.07, 6.45) is 4.33. The van der Waals surface area contributed by atoms with Crippen molar-refractivity contribution >= 4 is 6.29 Å². The molecule has 0 unspecified atom stereocenters. The standard InChI is InChI=1S/C15H16N2O2/c1-10(2)19-14-4-5-15(12(6-14)9-18)13-7-16-11(3)17-8-13/h4-10H,1-3H3. The summed E-state index contributed by atoms with van der Waals surface area (Å²) in [5, 5.41) is 0. The van der Waals surface area contributed by atoms with Gasteiger partial charge in [0.2, 0.25) is 0 Å². The highest BCUT2D eigenvalue weighted by molar-refractivity contribution is 5.87. The van der Waals surface area contributed by atoms with Crippen molar-refractivity contribution in [3.8, 4) is 16.9 Å². The van der Waals surface area contributed by atoms with E-state index in [9.17, 15) is 4.79 Å². The van der Waals surface area contributed by atoms with Crippen LogP contribution in [0.15, 0.2) is 30.6 Å². The zero-order valence-corrected chi connectivity index (χ0v) is 11.3. The number of aromatic nitrogens is 2. The topological polar surface area (TPSA) is 52.1 Å². The van der Waals surface area contributed by atoms with Gasteiger partial charge in [0.05, 0.1) is 6.10 Å². The van der Waals surface area contributed by atoms with E-state index in [-0.39, 0.29) is 6.10 Å². The minimum atomic E-state index is 0.0769. The van der Waals surface area contributed by atoms with Crippen LogP contribution in [0.3, 0.4) is 0 Å². The summed E-state index contributed by atoms with van der Waals surface area (Å²) in [5.41, 5.74) is 2.21. The molecule has 2 aromatic rings. The molecule has 2 rings (SSSR count). The molecule has 0 saturated carbocycles. The molecule has 0 fully saturated rings. The van der Waals surface area contributed by atoms with Crippen LogP contribution < -0.4 is 4.74 Å². The third kappa shape index (κ3) is 3.16. The molecule has 1 aromatic carbocycles. The summed E-state index contributed by atoms with van der Waals surface area (Å²) in [4.78, 5) is 19.5. The summed E-state index contributed by atoms with van der Waals surface area (Å²) in [6.45, 7) is 5.72. The maximum Gasteiger partial charge on any atom is 0.150 e. The fourth-order valence-electron chi connectivity index (χ4n) is 1.78. The smallest absolute Gasteiger partial charge is 0.150 e. The molecule has 0 aliphatic carbocycles. The average molecular weight is 256 g/mol. The second-order valence-electron chi connectivity index (χ2n) is 4.55. The van der Waals surface area contributed by atoms with Gasteiger partial charge in [0.15, 0.2) is 6.29 Å². The van der Waals surface area contributed by atoms with E-state index in [4.69, 9.17) is 4.74 Å². The van der Waals surface area contributed by atoms with Crippen LogP contribution in [0.5, 0.6) is 5.75 Å². The summed E-state index contributed by atoms with van der Waals surface area (Å²) in [6, 6.07) is 5.44. The predicted molar refractivity (Wildman–Crippen MR) is 73.4 cm³/mol. The fraction of sp³-hybridized carbons (Fsp3) is 0.267. The number of hydrogen-bond acceptors (Lipinski definition) is 4. The van der Waals surface area contributed by atoms with Crippen LogP contribution in [0, 0.1) is 6.92 Å². The van der Waals surface area contributed by atoms with Crippen molar-refractivity contribution in [1.82, 2.24) is 9.97 Å². The van der Waals surface area contributed by atoms with Gasteiger partial charge in [-0.25, -0.2) is 9.97 Å². The lowest BCUT2D eigenvalue weighted by atomic mass is 10.0. The molecule has 0 aliphatic heterocycles. The predicted octanol–water partition coefficient (Wildman–Crippen LogP) is 3.05. The van der Waals surface area contributed by atoms with Crippen LogP contribution in [-0.2, 0) is 0 Å². The van der Waals surface area contributed by atoms with E-state index in [1.807, 2.05) is 32.9 Å². The molecular weight excluding hydrogens is 240 g/mol. The Morgan fingerprint density at radius 1 is 1.21 bits per heavy atom. The van der Waals surface area contributed by atoms with Gasteiger partial charge in [0.1, 0.15) is 11.6 Å². The fourth-order valence-corrected chi connectivity index (χ4v) is 1.78. The van der Waals surface area contributed by atoms with E-state index in [0.717, 1.165) is 17.4 Å². The second kappa shape index (κ2) is 5.61. The highest BCUT2D eigenvalue weighted by Gasteiger charge is 2.08. The van der Waals surface area contributed by atoms with Crippen molar-refractivity contribution in [3.63, 3.8) is 0 Å². The van der Waals surface area contributed by atoms with Crippen molar-refractivity contribution in [2.75, 3.05) is 0 Å². The molecule has 0 N–H and O–H groups in total. The number of benzene rings is 1. The monoisotopic (exact) mass is 256 g/mol. The molecule has 1 heterocycles.